The highest BCUT2D eigenvalue weighted by molar-refractivity contribution is 5.84. The van der Waals surface area contributed by atoms with Gasteiger partial charge in [0.25, 0.3) is 0 Å². The van der Waals surface area contributed by atoms with Crippen molar-refractivity contribution in [2.75, 3.05) is 13.1 Å². The van der Waals surface area contributed by atoms with Gasteiger partial charge in [-0.25, -0.2) is 4.98 Å². The number of imidazole rings is 1. The standard InChI is InChI=1S/C16H22N4O2/c1-11(15-12(2)18-22-13(15)3)16(21)19-7-4-5-14(9-19)20-8-6-17-10-20/h6,8,10-11,14H,4-5,7,9H2,1-3H3/t11-,14+/m0/s1. The number of likely N-dealkylation sites (tertiary alicyclic amines) is 1. The van der Waals surface area contributed by atoms with Crippen molar-refractivity contribution in [3.63, 3.8) is 0 Å². The maximum Gasteiger partial charge on any atom is 0.230 e. The SMILES string of the molecule is Cc1noc(C)c1[C@H](C)C(=O)N1CCC[C@@H](n2ccnc2)C1. The van der Waals surface area contributed by atoms with Gasteiger partial charge in [-0.3, -0.25) is 4.79 Å². The van der Waals surface area contributed by atoms with Gasteiger partial charge in [0.1, 0.15) is 5.76 Å². The normalized spacial score (nSPS) is 20.1. The lowest BCUT2D eigenvalue weighted by Crippen LogP contribution is -2.42. The van der Waals surface area contributed by atoms with Gasteiger partial charge in [-0.15, -0.1) is 0 Å². The van der Waals surface area contributed by atoms with Gasteiger partial charge < -0.3 is 14.0 Å². The minimum atomic E-state index is -0.215. The van der Waals surface area contributed by atoms with Crippen LogP contribution in [-0.2, 0) is 4.79 Å². The second kappa shape index (κ2) is 5.94. The average Bonchev–Trinajstić information content (AvgIpc) is 3.16. The van der Waals surface area contributed by atoms with E-state index in [1.54, 1.807) is 6.20 Å². The molecule has 6 nitrogen and oxygen atoms in total. The van der Waals surface area contributed by atoms with Gasteiger partial charge >= 0.3 is 0 Å². The minimum absolute atomic E-state index is 0.152. The quantitative estimate of drug-likeness (QED) is 0.873. The molecule has 1 aliphatic heterocycles. The van der Waals surface area contributed by atoms with Crippen LogP contribution in [0.15, 0.2) is 23.2 Å². The number of carbonyl (C=O) groups excluding carboxylic acids is 1. The molecule has 0 spiro atoms. The number of carbonyl (C=O) groups is 1. The van der Waals surface area contributed by atoms with Crippen molar-refractivity contribution in [3.05, 3.63) is 35.7 Å². The second-order valence-corrected chi connectivity index (χ2v) is 6.05. The maximum absolute atomic E-state index is 12.8. The van der Waals surface area contributed by atoms with Gasteiger partial charge in [-0.2, -0.15) is 0 Å². The van der Waals surface area contributed by atoms with Crippen LogP contribution in [-0.4, -0.2) is 38.6 Å². The lowest BCUT2D eigenvalue weighted by atomic mass is 9.96. The molecule has 6 heteroatoms. The summed E-state index contributed by atoms with van der Waals surface area (Å²) in [7, 11) is 0. The van der Waals surface area contributed by atoms with Gasteiger partial charge in [0, 0.05) is 31.0 Å². The van der Waals surface area contributed by atoms with Crippen LogP contribution in [0.1, 0.15) is 48.7 Å². The van der Waals surface area contributed by atoms with Crippen molar-refractivity contribution in [1.29, 1.82) is 0 Å². The molecule has 3 rings (SSSR count). The lowest BCUT2D eigenvalue weighted by molar-refractivity contribution is -0.134. The Labute approximate surface area is 130 Å². The van der Waals surface area contributed by atoms with Crippen LogP contribution in [0.2, 0.25) is 0 Å². The van der Waals surface area contributed by atoms with E-state index in [9.17, 15) is 4.79 Å². The Morgan fingerprint density at radius 1 is 1.45 bits per heavy atom. The number of piperidine rings is 1. The monoisotopic (exact) mass is 302 g/mol. The van der Waals surface area contributed by atoms with E-state index in [1.807, 2.05) is 38.2 Å². The molecule has 22 heavy (non-hydrogen) atoms. The van der Waals surface area contributed by atoms with Gasteiger partial charge in [-0.05, 0) is 33.6 Å². The Morgan fingerprint density at radius 2 is 2.27 bits per heavy atom. The molecular weight excluding hydrogens is 280 g/mol. The van der Waals surface area contributed by atoms with E-state index in [4.69, 9.17) is 4.52 Å². The van der Waals surface area contributed by atoms with E-state index in [0.29, 0.717) is 6.04 Å². The first kappa shape index (κ1) is 14.8. The van der Waals surface area contributed by atoms with E-state index in [-0.39, 0.29) is 11.8 Å². The van der Waals surface area contributed by atoms with E-state index in [1.165, 1.54) is 0 Å². The average molecular weight is 302 g/mol. The second-order valence-electron chi connectivity index (χ2n) is 6.05. The number of hydrogen-bond donors (Lipinski definition) is 0. The molecule has 1 amide bonds. The molecule has 2 atom stereocenters. The first-order valence-corrected chi connectivity index (χ1v) is 7.77. The highest BCUT2D eigenvalue weighted by Crippen LogP contribution is 2.28. The summed E-state index contributed by atoms with van der Waals surface area (Å²) in [6, 6.07) is 0.317. The van der Waals surface area contributed by atoms with Gasteiger partial charge in [-0.1, -0.05) is 5.16 Å². The molecule has 1 fully saturated rings. The Bertz CT molecular complexity index is 628. The molecule has 1 aliphatic rings. The van der Waals surface area contributed by atoms with Crippen molar-refractivity contribution >= 4 is 5.91 Å². The predicted molar refractivity (Wildman–Crippen MR) is 81.5 cm³/mol. The van der Waals surface area contributed by atoms with Crippen LogP contribution in [0.5, 0.6) is 0 Å². The van der Waals surface area contributed by atoms with Crippen molar-refractivity contribution in [1.82, 2.24) is 19.6 Å². The summed E-state index contributed by atoms with van der Waals surface area (Å²) in [4.78, 5) is 18.9. The number of aryl methyl sites for hydroxylation is 2. The highest BCUT2D eigenvalue weighted by atomic mass is 16.5. The summed E-state index contributed by atoms with van der Waals surface area (Å²) in [5.41, 5.74) is 1.73. The Balaban J connectivity index is 1.74. The molecule has 2 aromatic rings. The Hall–Kier alpha value is -2.11. The van der Waals surface area contributed by atoms with Crippen LogP contribution in [0.4, 0.5) is 0 Å². The molecule has 0 radical (unpaired) electrons. The molecule has 0 aliphatic carbocycles. The van der Waals surface area contributed by atoms with Crippen LogP contribution in [0, 0.1) is 13.8 Å². The third-order valence-electron chi connectivity index (χ3n) is 4.55. The number of rotatable bonds is 3. The predicted octanol–water partition coefficient (Wildman–Crippen LogP) is 2.46. The summed E-state index contributed by atoms with van der Waals surface area (Å²) < 4.78 is 7.30. The van der Waals surface area contributed by atoms with E-state index in [0.717, 1.165) is 42.9 Å². The molecule has 0 unspecified atom stereocenters. The van der Waals surface area contributed by atoms with Crippen molar-refractivity contribution < 1.29 is 9.32 Å². The highest BCUT2D eigenvalue weighted by Gasteiger charge is 2.30. The fourth-order valence-corrected chi connectivity index (χ4v) is 3.39. The number of aromatic nitrogens is 3. The summed E-state index contributed by atoms with van der Waals surface area (Å²) >= 11 is 0. The number of amides is 1. The largest absolute Gasteiger partial charge is 0.361 e. The van der Waals surface area contributed by atoms with E-state index >= 15 is 0 Å². The molecule has 0 saturated carbocycles. The third kappa shape index (κ3) is 2.65. The number of nitrogens with zero attached hydrogens (tertiary/aromatic N) is 4. The first-order chi connectivity index (χ1) is 10.6. The molecule has 0 aromatic carbocycles. The summed E-state index contributed by atoms with van der Waals surface area (Å²) in [5.74, 6) is 0.675. The zero-order chi connectivity index (χ0) is 15.7. The van der Waals surface area contributed by atoms with Gasteiger partial charge in [0.15, 0.2) is 0 Å². The molecular formula is C16H22N4O2. The van der Waals surface area contributed by atoms with Gasteiger partial charge in [0.2, 0.25) is 5.91 Å². The van der Waals surface area contributed by atoms with Crippen molar-refractivity contribution in [2.45, 2.75) is 45.6 Å². The molecule has 2 aromatic heterocycles. The maximum atomic E-state index is 12.8. The van der Waals surface area contributed by atoms with Crippen molar-refractivity contribution in [3.8, 4) is 0 Å². The zero-order valence-corrected chi connectivity index (χ0v) is 13.3. The van der Waals surface area contributed by atoms with Crippen LogP contribution < -0.4 is 0 Å². The van der Waals surface area contributed by atoms with Crippen LogP contribution in [0.3, 0.4) is 0 Å². The summed E-state index contributed by atoms with van der Waals surface area (Å²) in [6.07, 6.45) is 7.68. The molecule has 3 heterocycles. The van der Waals surface area contributed by atoms with Gasteiger partial charge in [0.05, 0.1) is 24.0 Å². The summed E-state index contributed by atoms with van der Waals surface area (Å²) in [6.45, 7) is 7.25. The van der Waals surface area contributed by atoms with Crippen LogP contribution >= 0.6 is 0 Å². The fourth-order valence-electron chi connectivity index (χ4n) is 3.39. The molecule has 1 saturated heterocycles. The fraction of sp³-hybridized carbons (Fsp3) is 0.562. The van der Waals surface area contributed by atoms with E-state index < -0.39 is 0 Å². The third-order valence-corrected chi connectivity index (χ3v) is 4.55. The smallest absolute Gasteiger partial charge is 0.230 e. The Morgan fingerprint density at radius 3 is 2.91 bits per heavy atom. The molecule has 118 valence electrons. The number of hydrogen-bond acceptors (Lipinski definition) is 4. The van der Waals surface area contributed by atoms with Crippen molar-refractivity contribution in [2.24, 2.45) is 0 Å². The first-order valence-electron chi connectivity index (χ1n) is 7.77. The molecule has 0 N–H and O–H groups in total. The Kier molecular flexibility index (Phi) is 4.00. The van der Waals surface area contributed by atoms with E-state index in [2.05, 4.69) is 14.7 Å². The lowest BCUT2D eigenvalue weighted by Gasteiger charge is -2.34. The van der Waals surface area contributed by atoms with Crippen LogP contribution in [0.25, 0.3) is 0 Å². The molecule has 0 bridgehead atoms. The zero-order valence-electron chi connectivity index (χ0n) is 13.3. The topological polar surface area (TPSA) is 64.2 Å². The minimum Gasteiger partial charge on any atom is -0.361 e. The summed E-state index contributed by atoms with van der Waals surface area (Å²) in [5, 5.41) is 3.96.